The van der Waals surface area contributed by atoms with E-state index in [1.54, 1.807) is 0 Å². The average molecular weight is 322 g/mol. The summed E-state index contributed by atoms with van der Waals surface area (Å²) in [5.74, 6) is 0. The average Bonchev–Trinajstić information content (AvgIpc) is 2.36. The van der Waals surface area contributed by atoms with Gasteiger partial charge >= 0.3 is 0 Å². The van der Waals surface area contributed by atoms with Crippen LogP contribution in [0.5, 0.6) is 0 Å². The van der Waals surface area contributed by atoms with Crippen LogP contribution in [0, 0.1) is 10.8 Å². The van der Waals surface area contributed by atoms with Gasteiger partial charge in [0, 0.05) is 48.1 Å². The first-order valence-electron chi connectivity index (χ1n) is 9.44. The molecule has 2 N–H and O–H groups in total. The van der Waals surface area contributed by atoms with Crippen LogP contribution in [0.15, 0.2) is 0 Å². The summed E-state index contributed by atoms with van der Waals surface area (Å²) < 4.78 is 0. The van der Waals surface area contributed by atoms with Crippen molar-refractivity contribution < 1.29 is 5.11 Å². The van der Waals surface area contributed by atoms with E-state index in [-0.39, 0.29) is 33.7 Å². The number of hydrogen-bond donors (Lipinski definition) is 2. The molecule has 0 aromatic heterocycles. The highest BCUT2D eigenvalue weighted by Gasteiger charge is 2.69. The third kappa shape index (κ3) is 2.04. The molecule has 0 aromatic carbocycles. The predicted octanol–water partition coefficient (Wildman–Crippen LogP) is 2.03. The second-order valence-electron chi connectivity index (χ2n) is 10.7. The first-order chi connectivity index (χ1) is 10.5. The molecule has 5 heterocycles. The standard InChI is InChI=1S/C19H35N3O/c1-7-18-12-21-10-17(6,14(18)23)11-22(13-18)19(21)8-15(2,3)20-16(4,5)9-19/h14,20,23H,7-13H2,1-6H3/t14-,17?,18?/m0/s1. The van der Waals surface area contributed by atoms with Gasteiger partial charge in [-0.05, 0) is 47.0 Å². The summed E-state index contributed by atoms with van der Waals surface area (Å²) >= 11 is 0. The Balaban J connectivity index is 1.77. The molecule has 5 saturated heterocycles. The van der Waals surface area contributed by atoms with Crippen LogP contribution in [0.25, 0.3) is 0 Å². The highest BCUT2D eigenvalue weighted by Crippen LogP contribution is 2.59. The number of nitrogens with zero attached hydrogens (tertiary/aromatic N) is 2. The Bertz CT molecular complexity index is 493. The fourth-order valence-corrected chi connectivity index (χ4v) is 7.06. The van der Waals surface area contributed by atoms with E-state index in [1.807, 2.05) is 0 Å². The lowest BCUT2D eigenvalue weighted by Crippen LogP contribution is -2.87. The van der Waals surface area contributed by atoms with E-state index in [0.29, 0.717) is 0 Å². The van der Waals surface area contributed by atoms with Crippen LogP contribution >= 0.6 is 0 Å². The number of aliphatic hydroxyl groups excluding tert-OH is 1. The van der Waals surface area contributed by atoms with Crippen LogP contribution in [0.3, 0.4) is 0 Å². The van der Waals surface area contributed by atoms with Gasteiger partial charge in [-0.25, -0.2) is 0 Å². The second kappa shape index (κ2) is 4.32. The first kappa shape index (κ1) is 16.3. The summed E-state index contributed by atoms with van der Waals surface area (Å²) in [6.45, 7) is 18.3. The number of nitrogens with one attached hydrogen (secondary N) is 1. The SMILES string of the molecule is CCC12CN3CC(C)(CN(C1)C31CC(C)(C)NC(C)(C)C1)[C@@H]2O. The van der Waals surface area contributed by atoms with Crippen molar-refractivity contribution in [3.63, 3.8) is 0 Å². The van der Waals surface area contributed by atoms with Crippen molar-refractivity contribution in [3.8, 4) is 0 Å². The van der Waals surface area contributed by atoms with Crippen LogP contribution in [-0.2, 0) is 0 Å². The summed E-state index contributed by atoms with van der Waals surface area (Å²) in [6, 6.07) is 0. The topological polar surface area (TPSA) is 38.7 Å². The maximum absolute atomic E-state index is 11.1. The molecule has 0 saturated carbocycles. The van der Waals surface area contributed by atoms with E-state index in [1.165, 1.54) is 12.8 Å². The normalized spacial score (nSPS) is 52.0. The minimum Gasteiger partial charge on any atom is -0.392 e. The van der Waals surface area contributed by atoms with Crippen molar-refractivity contribution in [3.05, 3.63) is 0 Å². The molecule has 132 valence electrons. The number of hydrogen-bond acceptors (Lipinski definition) is 4. The van der Waals surface area contributed by atoms with E-state index < -0.39 is 0 Å². The minimum absolute atomic E-state index is 0.0386. The van der Waals surface area contributed by atoms with Crippen LogP contribution in [0.4, 0.5) is 0 Å². The fourth-order valence-electron chi connectivity index (χ4n) is 7.06. The molecule has 3 atom stereocenters. The Hall–Kier alpha value is -0.160. The summed E-state index contributed by atoms with van der Waals surface area (Å²) in [6.07, 6.45) is 3.29. The van der Waals surface area contributed by atoms with Gasteiger partial charge in [0.2, 0.25) is 0 Å². The molecule has 5 fully saturated rings. The number of aliphatic hydroxyl groups is 1. The van der Waals surface area contributed by atoms with Crippen molar-refractivity contribution in [1.29, 1.82) is 0 Å². The maximum Gasteiger partial charge on any atom is 0.0773 e. The zero-order chi connectivity index (χ0) is 16.9. The molecule has 0 radical (unpaired) electrons. The highest BCUT2D eigenvalue weighted by atomic mass is 16.3. The molecule has 23 heavy (non-hydrogen) atoms. The zero-order valence-electron chi connectivity index (χ0n) is 15.9. The van der Waals surface area contributed by atoms with E-state index in [0.717, 1.165) is 32.6 Å². The highest BCUT2D eigenvalue weighted by molar-refractivity contribution is 5.21. The van der Waals surface area contributed by atoms with Gasteiger partial charge in [-0.1, -0.05) is 13.8 Å². The van der Waals surface area contributed by atoms with Crippen molar-refractivity contribution in [2.24, 2.45) is 10.8 Å². The lowest BCUT2D eigenvalue weighted by Gasteiger charge is -2.75. The predicted molar refractivity (Wildman–Crippen MR) is 93.2 cm³/mol. The number of piperidine rings is 3. The van der Waals surface area contributed by atoms with Crippen molar-refractivity contribution >= 4 is 0 Å². The first-order valence-corrected chi connectivity index (χ1v) is 9.44. The monoisotopic (exact) mass is 321 g/mol. The van der Waals surface area contributed by atoms with Crippen LogP contribution < -0.4 is 5.32 Å². The third-order valence-electron chi connectivity index (χ3n) is 7.36. The van der Waals surface area contributed by atoms with Gasteiger partial charge in [0.15, 0.2) is 0 Å². The quantitative estimate of drug-likeness (QED) is 0.775. The summed E-state index contributed by atoms with van der Waals surface area (Å²) in [5, 5.41) is 14.9. The molecular weight excluding hydrogens is 286 g/mol. The summed E-state index contributed by atoms with van der Waals surface area (Å²) in [4.78, 5) is 5.53. The Kier molecular flexibility index (Phi) is 3.07. The molecule has 4 bridgehead atoms. The fraction of sp³-hybridized carbons (Fsp3) is 1.00. The maximum atomic E-state index is 11.1. The van der Waals surface area contributed by atoms with Gasteiger partial charge in [-0.3, -0.25) is 9.80 Å². The van der Waals surface area contributed by atoms with Gasteiger partial charge in [0.05, 0.1) is 11.8 Å². The smallest absolute Gasteiger partial charge is 0.0773 e. The second-order valence-corrected chi connectivity index (χ2v) is 10.7. The van der Waals surface area contributed by atoms with E-state index in [2.05, 4.69) is 56.7 Å². The largest absolute Gasteiger partial charge is 0.392 e. The Morgan fingerprint density at radius 2 is 1.39 bits per heavy atom. The van der Waals surface area contributed by atoms with Gasteiger partial charge in [0.1, 0.15) is 0 Å². The molecule has 5 rings (SSSR count). The molecule has 5 aliphatic rings. The Labute approximate surface area is 141 Å². The molecule has 0 amide bonds. The molecule has 5 aliphatic heterocycles. The summed E-state index contributed by atoms with van der Waals surface area (Å²) in [7, 11) is 0. The van der Waals surface area contributed by atoms with E-state index in [4.69, 9.17) is 0 Å². The number of rotatable bonds is 1. The third-order valence-corrected chi connectivity index (χ3v) is 7.36. The van der Waals surface area contributed by atoms with E-state index in [9.17, 15) is 5.11 Å². The minimum atomic E-state index is -0.146. The molecule has 4 heteroatoms. The van der Waals surface area contributed by atoms with Crippen molar-refractivity contribution in [2.45, 2.75) is 83.6 Å². The molecule has 0 aliphatic carbocycles. The molecule has 0 aromatic rings. The lowest BCUT2D eigenvalue weighted by atomic mass is 9.55. The van der Waals surface area contributed by atoms with Crippen molar-refractivity contribution in [2.75, 3.05) is 26.2 Å². The lowest BCUT2D eigenvalue weighted by molar-refractivity contribution is -0.307. The van der Waals surface area contributed by atoms with Gasteiger partial charge < -0.3 is 10.4 Å². The summed E-state index contributed by atoms with van der Waals surface area (Å²) in [5.41, 5.74) is 0.592. The Morgan fingerprint density at radius 1 is 0.913 bits per heavy atom. The van der Waals surface area contributed by atoms with Crippen LogP contribution in [0.1, 0.15) is 60.8 Å². The zero-order valence-corrected chi connectivity index (χ0v) is 15.9. The van der Waals surface area contributed by atoms with Crippen LogP contribution in [0.2, 0.25) is 0 Å². The van der Waals surface area contributed by atoms with Gasteiger partial charge in [0.25, 0.3) is 0 Å². The Morgan fingerprint density at radius 3 is 1.83 bits per heavy atom. The molecular formula is C19H35N3O. The van der Waals surface area contributed by atoms with Crippen LogP contribution in [-0.4, -0.2) is 63.9 Å². The van der Waals surface area contributed by atoms with E-state index >= 15 is 0 Å². The molecule has 4 nitrogen and oxygen atoms in total. The van der Waals surface area contributed by atoms with Gasteiger partial charge in [-0.15, -0.1) is 0 Å². The molecule has 2 unspecified atom stereocenters. The molecule has 1 spiro atoms. The van der Waals surface area contributed by atoms with Gasteiger partial charge in [-0.2, -0.15) is 0 Å². The van der Waals surface area contributed by atoms with Crippen molar-refractivity contribution in [1.82, 2.24) is 15.1 Å².